The van der Waals surface area contributed by atoms with Crippen molar-refractivity contribution in [1.29, 1.82) is 5.41 Å². The maximum atomic E-state index is 14.0. The van der Waals surface area contributed by atoms with Gasteiger partial charge in [-0.25, -0.2) is 0 Å². The Morgan fingerprint density at radius 2 is 1.66 bits per heavy atom. The number of benzene rings is 3. The summed E-state index contributed by atoms with van der Waals surface area (Å²) >= 11 is 13.1. The minimum Gasteiger partial charge on any atom is -0.302 e. The molecule has 2 atom stereocenters. The van der Waals surface area contributed by atoms with Crippen molar-refractivity contribution in [2.75, 3.05) is 4.90 Å². The number of hydrogen-bond acceptors (Lipinski definition) is 3. The Kier molecular flexibility index (Phi) is 6.35. The van der Waals surface area contributed by atoms with Gasteiger partial charge in [0.25, 0.3) is 0 Å². The van der Waals surface area contributed by atoms with Gasteiger partial charge in [0.15, 0.2) is 11.6 Å². The molecule has 5 rings (SSSR count). The number of aryl methyl sites for hydroxylation is 1. The molecule has 3 aromatic rings. The molecule has 0 saturated carbocycles. The topological polar surface area (TPSA) is 61.2 Å². The molecular weight excluding hydrogens is 479 g/mol. The van der Waals surface area contributed by atoms with Crippen LogP contribution in [0.15, 0.2) is 84.1 Å². The van der Waals surface area contributed by atoms with Gasteiger partial charge in [-0.1, -0.05) is 77.8 Å². The van der Waals surface area contributed by atoms with Gasteiger partial charge in [-0.05, 0) is 49.1 Å². The van der Waals surface area contributed by atoms with Crippen LogP contribution in [0.1, 0.15) is 46.7 Å². The van der Waals surface area contributed by atoms with Crippen LogP contribution in [0.4, 0.5) is 5.69 Å². The number of Topliss-reactive ketones (excluding diaryl/α,β-unsaturated/α-hetero) is 2. The number of carbonyl (C=O) groups is 2. The van der Waals surface area contributed by atoms with Crippen molar-refractivity contribution in [2.24, 2.45) is 5.92 Å². The molecule has 1 N–H and O–H groups in total. The summed E-state index contributed by atoms with van der Waals surface area (Å²) in [6.45, 7) is 1.91. The highest BCUT2D eigenvalue weighted by atomic mass is 35.5. The van der Waals surface area contributed by atoms with E-state index >= 15 is 0 Å². The van der Waals surface area contributed by atoms with E-state index in [1.54, 1.807) is 41.3 Å². The molecular formula is C29H24Cl2N2O2. The quantitative estimate of drug-likeness (QED) is 0.378. The van der Waals surface area contributed by atoms with E-state index in [1.165, 1.54) is 0 Å². The zero-order valence-corrected chi connectivity index (χ0v) is 20.7. The minimum absolute atomic E-state index is 0.00209. The molecule has 0 radical (unpaired) electrons. The van der Waals surface area contributed by atoms with E-state index in [0.29, 0.717) is 51.7 Å². The summed E-state index contributed by atoms with van der Waals surface area (Å²) in [5.74, 6) is -1.65. The summed E-state index contributed by atoms with van der Waals surface area (Å²) in [5.41, 5.74) is 4.11. The van der Waals surface area contributed by atoms with Crippen LogP contribution in [-0.4, -0.2) is 17.4 Å². The Morgan fingerprint density at radius 3 is 2.37 bits per heavy atom. The average molecular weight is 503 g/mol. The van der Waals surface area contributed by atoms with Gasteiger partial charge in [0.05, 0.1) is 5.92 Å². The monoisotopic (exact) mass is 502 g/mol. The number of rotatable bonds is 4. The lowest BCUT2D eigenvalue weighted by atomic mass is 9.69. The van der Waals surface area contributed by atoms with Crippen LogP contribution in [0.25, 0.3) is 0 Å². The third kappa shape index (κ3) is 4.11. The normalized spacial score (nSPS) is 20.1. The van der Waals surface area contributed by atoms with E-state index in [4.69, 9.17) is 23.2 Å². The first-order chi connectivity index (χ1) is 16.9. The number of nitrogens with zero attached hydrogens (tertiary/aromatic N) is 1. The van der Waals surface area contributed by atoms with Gasteiger partial charge in [0, 0.05) is 44.9 Å². The molecule has 2 unspecified atom stereocenters. The third-order valence-electron chi connectivity index (χ3n) is 6.87. The van der Waals surface area contributed by atoms with Crippen molar-refractivity contribution in [3.8, 4) is 0 Å². The van der Waals surface area contributed by atoms with Crippen LogP contribution >= 0.6 is 23.2 Å². The van der Waals surface area contributed by atoms with Crippen LogP contribution < -0.4 is 4.90 Å². The fraction of sp³-hybridized carbons (Fsp3) is 0.207. The van der Waals surface area contributed by atoms with E-state index < -0.39 is 11.8 Å². The molecule has 1 aliphatic heterocycles. The lowest BCUT2D eigenvalue weighted by Gasteiger charge is -2.44. The van der Waals surface area contributed by atoms with E-state index in [9.17, 15) is 15.0 Å². The van der Waals surface area contributed by atoms with Gasteiger partial charge in [0.1, 0.15) is 5.84 Å². The molecule has 35 heavy (non-hydrogen) atoms. The molecule has 2 aliphatic rings. The molecule has 1 heterocycles. The second-order valence-corrected chi connectivity index (χ2v) is 9.81. The van der Waals surface area contributed by atoms with Crippen molar-refractivity contribution < 1.29 is 9.59 Å². The maximum absolute atomic E-state index is 14.0. The number of carbonyl (C=O) groups excluding carboxylic acids is 2. The van der Waals surface area contributed by atoms with Crippen LogP contribution in [0, 0.1) is 18.3 Å². The molecule has 0 spiro atoms. The maximum Gasteiger partial charge on any atom is 0.174 e. The van der Waals surface area contributed by atoms with Gasteiger partial charge in [-0.3, -0.25) is 15.0 Å². The molecule has 1 aliphatic carbocycles. The second-order valence-electron chi connectivity index (χ2n) is 9.00. The third-order valence-corrected chi connectivity index (χ3v) is 7.62. The molecule has 176 valence electrons. The highest BCUT2D eigenvalue weighted by Gasteiger charge is 2.48. The summed E-state index contributed by atoms with van der Waals surface area (Å²) < 4.78 is 0. The van der Waals surface area contributed by atoms with Gasteiger partial charge >= 0.3 is 0 Å². The van der Waals surface area contributed by atoms with Crippen LogP contribution in [0.2, 0.25) is 10.0 Å². The van der Waals surface area contributed by atoms with Crippen molar-refractivity contribution in [1.82, 2.24) is 0 Å². The fourth-order valence-corrected chi connectivity index (χ4v) is 5.60. The van der Waals surface area contributed by atoms with Gasteiger partial charge in [0.2, 0.25) is 0 Å². The molecule has 3 aromatic carbocycles. The summed E-state index contributed by atoms with van der Waals surface area (Å²) in [7, 11) is 0. The van der Waals surface area contributed by atoms with E-state index in [2.05, 4.69) is 0 Å². The van der Waals surface area contributed by atoms with Crippen molar-refractivity contribution in [3.05, 3.63) is 111 Å². The largest absolute Gasteiger partial charge is 0.302 e. The predicted octanol–water partition coefficient (Wildman–Crippen LogP) is 7.39. The molecule has 6 heteroatoms. The molecule has 0 bridgehead atoms. The number of halogens is 2. The van der Waals surface area contributed by atoms with Crippen LogP contribution in [-0.2, 0) is 4.79 Å². The molecule has 0 amide bonds. The lowest BCUT2D eigenvalue weighted by Crippen LogP contribution is -2.49. The first-order valence-electron chi connectivity index (χ1n) is 11.6. The van der Waals surface area contributed by atoms with E-state index in [0.717, 1.165) is 11.3 Å². The molecule has 4 nitrogen and oxygen atoms in total. The molecule has 0 saturated heterocycles. The highest BCUT2D eigenvalue weighted by molar-refractivity contribution is 6.32. The highest BCUT2D eigenvalue weighted by Crippen LogP contribution is 2.48. The Morgan fingerprint density at radius 1 is 0.943 bits per heavy atom. The molecule has 0 fully saturated rings. The number of amidine groups is 1. The van der Waals surface area contributed by atoms with Gasteiger partial charge in [-0.15, -0.1) is 0 Å². The first kappa shape index (κ1) is 23.5. The summed E-state index contributed by atoms with van der Waals surface area (Å²) in [5, 5.41) is 10.4. The Balaban J connectivity index is 1.78. The first-order valence-corrected chi connectivity index (χ1v) is 12.4. The van der Waals surface area contributed by atoms with E-state index in [1.807, 2.05) is 43.3 Å². The zero-order valence-electron chi connectivity index (χ0n) is 19.2. The number of nitrogens with one attached hydrogen (secondary N) is 1. The number of hydrogen-bond donors (Lipinski definition) is 1. The summed E-state index contributed by atoms with van der Waals surface area (Å²) in [4.78, 5) is 29.3. The summed E-state index contributed by atoms with van der Waals surface area (Å²) in [6, 6.07) is 21.8. The van der Waals surface area contributed by atoms with Crippen LogP contribution in [0.5, 0.6) is 0 Å². The number of allylic oxidation sites excluding steroid dienone is 2. The Labute approximate surface area is 214 Å². The van der Waals surface area contributed by atoms with Crippen LogP contribution in [0.3, 0.4) is 0 Å². The van der Waals surface area contributed by atoms with Crippen molar-refractivity contribution in [2.45, 2.75) is 32.1 Å². The Hall–Kier alpha value is -3.21. The lowest BCUT2D eigenvalue weighted by molar-refractivity contribution is -0.116. The second kappa shape index (κ2) is 9.44. The standard InChI is InChI=1S/C29H24Cl2N2O2/c1-17-14-15-19(16-22(17)31)33-23-12-7-13-24(34)26(23)25(20-10-5-6-11-21(20)30)27(29(33)32)28(35)18-8-3-2-4-9-18/h2-6,8-11,14-16,25,27,32H,7,12-13H2,1H3. The predicted molar refractivity (Wildman–Crippen MR) is 141 cm³/mol. The number of anilines is 1. The zero-order chi connectivity index (χ0) is 24.7. The summed E-state index contributed by atoms with van der Waals surface area (Å²) in [6.07, 6.45) is 1.72. The van der Waals surface area contributed by atoms with Gasteiger partial charge in [-0.2, -0.15) is 0 Å². The average Bonchev–Trinajstić information content (AvgIpc) is 2.86. The van der Waals surface area contributed by atoms with Crippen molar-refractivity contribution >= 4 is 46.3 Å². The number of ketones is 2. The Bertz CT molecular complexity index is 1380. The SMILES string of the molecule is Cc1ccc(N2C(=N)C(C(=O)c3ccccc3)C(c3ccccc3Cl)C3=C2CCCC3=O)cc1Cl. The van der Waals surface area contributed by atoms with Gasteiger partial charge < -0.3 is 4.90 Å². The fourth-order valence-electron chi connectivity index (χ4n) is 5.18. The molecule has 0 aromatic heterocycles. The van der Waals surface area contributed by atoms with Crippen molar-refractivity contribution in [3.63, 3.8) is 0 Å². The smallest absolute Gasteiger partial charge is 0.174 e. The van der Waals surface area contributed by atoms with E-state index in [-0.39, 0.29) is 17.4 Å². The minimum atomic E-state index is -0.918.